The molecule has 10 nitrogen and oxygen atoms in total. The van der Waals surface area contributed by atoms with Crippen molar-refractivity contribution in [3.05, 3.63) is 53.9 Å². The van der Waals surface area contributed by atoms with Crippen molar-refractivity contribution in [3.8, 4) is 0 Å². The zero-order chi connectivity index (χ0) is 18.3. The number of pyridine rings is 1. The van der Waals surface area contributed by atoms with Gasteiger partial charge < -0.3 is 9.63 Å². The number of rotatable bonds is 5. The molecule has 26 heavy (non-hydrogen) atoms. The Morgan fingerprint density at radius 1 is 1.23 bits per heavy atom. The van der Waals surface area contributed by atoms with E-state index in [4.69, 9.17) is 9.63 Å². The Morgan fingerprint density at radius 3 is 2.85 bits per heavy atom. The molecule has 1 aromatic carbocycles. The molecule has 0 fully saturated rings. The molecule has 4 aromatic rings. The summed E-state index contributed by atoms with van der Waals surface area (Å²) in [6, 6.07) is 9.73. The van der Waals surface area contributed by atoms with E-state index >= 15 is 0 Å². The van der Waals surface area contributed by atoms with E-state index in [0.717, 1.165) is 0 Å². The van der Waals surface area contributed by atoms with Crippen LogP contribution >= 0.6 is 0 Å². The van der Waals surface area contributed by atoms with E-state index in [9.17, 15) is 13.2 Å². The number of para-hydroxylation sites is 1. The van der Waals surface area contributed by atoms with Crippen molar-refractivity contribution in [1.82, 2.24) is 19.8 Å². The van der Waals surface area contributed by atoms with E-state index in [1.54, 1.807) is 24.3 Å². The molecule has 0 aliphatic heterocycles. The Bertz CT molecular complexity index is 1240. The van der Waals surface area contributed by atoms with Gasteiger partial charge in [0.25, 0.3) is 5.95 Å². The molecular formula is C15H11N5O5S. The molecule has 3 heterocycles. The number of benzene rings is 1. The van der Waals surface area contributed by atoms with E-state index in [2.05, 4.69) is 20.0 Å². The van der Waals surface area contributed by atoms with Crippen LogP contribution in [-0.2, 0) is 15.8 Å². The molecule has 4 rings (SSSR count). The van der Waals surface area contributed by atoms with Crippen LogP contribution in [0.3, 0.4) is 0 Å². The standard InChI is InChI=1S/C15H11N5O5S/c21-14(22)10-5-3-7-20-13(10)16-15(17-20)19-26(23,24)8-11-9-4-1-2-6-12(9)25-18-11/h1-7H,8H2,(H,17,19)(H,21,22). The summed E-state index contributed by atoms with van der Waals surface area (Å²) in [5.41, 5.74) is 0.676. The number of aromatic nitrogens is 4. The van der Waals surface area contributed by atoms with Gasteiger partial charge in [-0.2, -0.15) is 4.98 Å². The highest BCUT2D eigenvalue weighted by Gasteiger charge is 2.20. The summed E-state index contributed by atoms with van der Waals surface area (Å²) in [4.78, 5) is 15.2. The Labute approximate surface area is 146 Å². The van der Waals surface area contributed by atoms with Crippen LogP contribution in [-0.4, -0.2) is 39.2 Å². The van der Waals surface area contributed by atoms with Gasteiger partial charge in [0.2, 0.25) is 10.0 Å². The number of carbonyl (C=O) groups is 1. The van der Waals surface area contributed by atoms with Crippen molar-refractivity contribution in [1.29, 1.82) is 0 Å². The second kappa shape index (κ2) is 5.81. The fraction of sp³-hybridized carbons (Fsp3) is 0.0667. The van der Waals surface area contributed by atoms with Gasteiger partial charge in [0.1, 0.15) is 17.0 Å². The lowest BCUT2D eigenvalue weighted by atomic mass is 10.2. The Kier molecular flexibility index (Phi) is 3.58. The van der Waals surface area contributed by atoms with Crippen LogP contribution in [0.15, 0.2) is 47.1 Å². The van der Waals surface area contributed by atoms with Crippen LogP contribution in [0.1, 0.15) is 16.1 Å². The number of aromatic carboxylic acids is 1. The second-order valence-corrected chi connectivity index (χ2v) is 7.14. The number of sulfonamides is 1. The van der Waals surface area contributed by atoms with Crippen LogP contribution in [0.2, 0.25) is 0 Å². The fourth-order valence-electron chi connectivity index (χ4n) is 2.51. The summed E-state index contributed by atoms with van der Waals surface area (Å²) in [6.45, 7) is 0. The topological polar surface area (TPSA) is 140 Å². The molecular weight excluding hydrogens is 362 g/mol. The molecule has 0 bridgehead atoms. The molecule has 0 aliphatic rings. The Balaban J connectivity index is 1.65. The average Bonchev–Trinajstić information content (AvgIpc) is 3.17. The van der Waals surface area contributed by atoms with Gasteiger partial charge in [0.05, 0.1) is 0 Å². The molecule has 0 atom stereocenters. The summed E-state index contributed by atoms with van der Waals surface area (Å²) in [5.74, 6) is -1.86. The molecule has 11 heteroatoms. The first kappa shape index (κ1) is 16.0. The third-order valence-electron chi connectivity index (χ3n) is 3.62. The van der Waals surface area contributed by atoms with Gasteiger partial charge in [-0.15, -0.1) is 5.10 Å². The van der Waals surface area contributed by atoms with Crippen LogP contribution in [0.5, 0.6) is 0 Å². The van der Waals surface area contributed by atoms with Gasteiger partial charge in [-0.05, 0) is 24.3 Å². The van der Waals surface area contributed by atoms with Crippen molar-refractivity contribution in [2.75, 3.05) is 4.72 Å². The van der Waals surface area contributed by atoms with Crippen molar-refractivity contribution in [2.45, 2.75) is 5.75 Å². The minimum absolute atomic E-state index is 0.0320. The van der Waals surface area contributed by atoms with Gasteiger partial charge >= 0.3 is 5.97 Å². The molecule has 0 amide bonds. The number of nitrogens with zero attached hydrogens (tertiary/aromatic N) is 4. The number of carboxylic acid groups (broad SMARTS) is 1. The Hall–Kier alpha value is -3.47. The minimum atomic E-state index is -3.89. The van der Waals surface area contributed by atoms with Crippen molar-refractivity contribution in [2.24, 2.45) is 0 Å². The van der Waals surface area contributed by atoms with Gasteiger partial charge in [-0.25, -0.2) is 22.4 Å². The normalized spacial score (nSPS) is 11.8. The maximum atomic E-state index is 12.4. The van der Waals surface area contributed by atoms with Crippen LogP contribution < -0.4 is 4.72 Å². The average molecular weight is 373 g/mol. The molecule has 132 valence electrons. The van der Waals surface area contributed by atoms with Crippen molar-refractivity contribution in [3.63, 3.8) is 0 Å². The first-order valence-electron chi connectivity index (χ1n) is 7.35. The molecule has 0 aliphatic carbocycles. The monoisotopic (exact) mass is 373 g/mol. The summed E-state index contributed by atoms with van der Waals surface area (Å²) in [5, 5.41) is 17.5. The van der Waals surface area contributed by atoms with Gasteiger partial charge in [0.15, 0.2) is 11.2 Å². The van der Waals surface area contributed by atoms with E-state index < -0.39 is 21.7 Å². The van der Waals surface area contributed by atoms with Gasteiger partial charge in [-0.3, -0.25) is 0 Å². The third-order valence-corrected chi connectivity index (χ3v) is 4.77. The highest BCUT2D eigenvalue weighted by atomic mass is 32.2. The number of nitrogens with one attached hydrogen (secondary N) is 1. The smallest absolute Gasteiger partial charge is 0.339 e. The summed E-state index contributed by atoms with van der Waals surface area (Å²) in [7, 11) is -3.89. The molecule has 0 unspecified atom stereocenters. The van der Waals surface area contributed by atoms with Crippen molar-refractivity contribution < 1.29 is 22.8 Å². The molecule has 3 aromatic heterocycles. The zero-order valence-electron chi connectivity index (χ0n) is 13.0. The molecule has 0 spiro atoms. The van der Waals surface area contributed by atoms with Crippen LogP contribution in [0, 0.1) is 0 Å². The first-order valence-corrected chi connectivity index (χ1v) is 9.01. The van der Waals surface area contributed by atoms with Gasteiger partial charge in [-0.1, -0.05) is 17.3 Å². The van der Waals surface area contributed by atoms with Gasteiger partial charge in [0, 0.05) is 11.6 Å². The number of carboxylic acids is 1. The number of fused-ring (bicyclic) bond motifs is 2. The van der Waals surface area contributed by atoms with E-state index in [1.807, 2.05) is 0 Å². The molecule has 0 saturated heterocycles. The highest BCUT2D eigenvalue weighted by Crippen LogP contribution is 2.20. The quantitative estimate of drug-likeness (QED) is 0.536. The lowest BCUT2D eigenvalue weighted by Gasteiger charge is -2.01. The van der Waals surface area contributed by atoms with E-state index in [-0.39, 0.29) is 22.9 Å². The lowest BCUT2D eigenvalue weighted by Crippen LogP contribution is -2.16. The molecule has 0 radical (unpaired) electrons. The molecule has 0 saturated carbocycles. The predicted octanol–water partition coefficient (Wildman–Crippen LogP) is 1.51. The minimum Gasteiger partial charge on any atom is -0.478 e. The predicted molar refractivity (Wildman–Crippen MR) is 90.2 cm³/mol. The number of hydrogen-bond acceptors (Lipinski definition) is 7. The number of hydrogen-bond donors (Lipinski definition) is 2. The second-order valence-electron chi connectivity index (χ2n) is 5.42. The largest absolute Gasteiger partial charge is 0.478 e. The molecule has 2 N–H and O–H groups in total. The Morgan fingerprint density at radius 2 is 2.04 bits per heavy atom. The fourth-order valence-corrected chi connectivity index (χ4v) is 3.52. The van der Waals surface area contributed by atoms with Crippen LogP contribution in [0.25, 0.3) is 16.6 Å². The zero-order valence-corrected chi connectivity index (χ0v) is 13.8. The van der Waals surface area contributed by atoms with E-state index in [1.165, 1.54) is 22.8 Å². The first-order chi connectivity index (χ1) is 12.4. The SMILES string of the molecule is O=C(O)c1cccn2nc(NS(=O)(=O)Cc3noc4ccccc34)nc12. The highest BCUT2D eigenvalue weighted by molar-refractivity contribution is 7.91. The van der Waals surface area contributed by atoms with E-state index in [0.29, 0.717) is 11.0 Å². The van der Waals surface area contributed by atoms with Crippen molar-refractivity contribution >= 4 is 38.6 Å². The van der Waals surface area contributed by atoms with Crippen LogP contribution in [0.4, 0.5) is 5.95 Å². The lowest BCUT2D eigenvalue weighted by molar-refractivity contribution is 0.0698. The summed E-state index contributed by atoms with van der Waals surface area (Å²) >= 11 is 0. The summed E-state index contributed by atoms with van der Waals surface area (Å²) < 4.78 is 33.3. The summed E-state index contributed by atoms with van der Waals surface area (Å²) in [6.07, 6.45) is 1.47. The maximum absolute atomic E-state index is 12.4. The maximum Gasteiger partial charge on any atom is 0.339 e. The third kappa shape index (κ3) is 2.84. The number of anilines is 1.